The largest absolute Gasteiger partial charge is 0.343 e. The highest BCUT2D eigenvalue weighted by molar-refractivity contribution is 5.92. The normalized spacial score (nSPS) is 10.9. The zero-order valence-corrected chi connectivity index (χ0v) is 11.8. The van der Waals surface area contributed by atoms with Crippen LogP contribution in [0.25, 0.3) is 0 Å². The van der Waals surface area contributed by atoms with Gasteiger partial charge in [-0.25, -0.2) is 15.4 Å². The van der Waals surface area contributed by atoms with E-state index >= 15 is 0 Å². The van der Waals surface area contributed by atoms with E-state index in [9.17, 15) is 4.79 Å². The summed E-state index contributed by atoms with van der Waals surface area (Å²) in [5, 5.41) is 8.49. The van der Waals surface area contributed by atoms with Crippen molar-refractivity contribution in [2.45, 2.75) is 19.9 Å². The molecule has 1 aromatic heterocycles. The Morgan fingerprint density at radius 3 is 2.37 bits per heavy atom. The highest BCUT2D eigenvalue weighted by atomic mass is 16.5. The number of hydrogen-bond donors (Lipinski definition) is 2. The third kappa shape index (κ3) is 4.46. The molecule has 19 heavy (non-hydrogen) atoms. The molecule has 0 aliphatic rings. The average Bonchev–Trinajstić information content (AvgIpc) is 2.43. The minimum absolute atomic E-state index is 0.221. The van der Waals surface area contributed by atoms with Gasteiger partial charge in [0.15, 0.2) is 0 Å². The summed E-state index contributed by atoms with van der Waals surface area (Å²) in [6, 6.07) is 0.491. The van der Waals surface area contributed by atoms with Gasteiger partial charge in [0.2, 0.25) is 5.95 Å². The molecule has 0 spiro atoms. The van der Waals surface area contributed by atoms with Crippen molar-refractivity contribution >= 4 is 11.9 Å². The third-order valence-electron chi connectivity index (χ3n) is 3.01. The fourth-order valence-corrected chi connectivity index (χ4v) is 1.37. The van der Waals surface area contributed by atoms with Crippen LogP contribution in [0.15, 0.2) is 12.4 Å². The van der Waals surface area contributed by atoms with Crippen LogP contribution in [-0.4, -0.2) is 59.2 Å². The first-order chi connectivity index (χ1) is 8.95. The SMILES string of the molecule is CC(C)N(C)CCN(C)c1ncc(C(=O)NO)cn1. The van der Waals surface area contributed by atoms with Gasteiger partial charge in [0.25, 0.3) is 5.91 Å². The second-order valence-electron chi connectivity index (χ2n) is 4.71. The first-order valence-corrected chi connectivity index (χ1v) is 6.13. The van der Waals surface area contributed by atoms with Crippen LogP contribution in [-0.2, 0) is 0 Å². The zero-order chi connectivity index (χ0) is 14.4. The van der Waals surface area contributed by atoms with Crippen LogP contribution in [0.5, 0.6) is 0 Å². The first-order valence-electron chi connectivity index (χ1n) is 6.13. The maximum absolute atomic E-state index is 11.1. The first kappa shape index (κ1) is 15.3. The van der Waals surface area contributed by atoms with Gasteiger partial charge in [-0.3, -0.25) is 10.0 Å². The summed E-state index contributed by atoms with van der Waals surface area (Å²) in [7, 11) is 3.96. The predicted molar refractivity (Wildman–Crippen MR) is 72.3 cm³/mol. The van der Waals surface area contributed by atoms with Crippen LogP contribution in [0.4, 0.5) is 5.95 Å². The molecule has 0 unspecified atom stereocenters. The van der Waals surface area contributed by atoms with E-state index in [0.717, 1.165) is 13.1 Å². The smallest absolute Gasteiger partial charge is 0.277 e. The minimum Gasteiger partial charge on any atom is -0.343 e. The molecule has 0 aromatic carbocycles. The zero-order valence-electron chi connectivity index (χ0n) is 11.8. The molecule has 0 saturated carbocycles. The summed E-state index contributed by atoms with van der Waals surface area (Å²) in [4.78, 5) is 23.5. The van der Waals surface area contributed by atoms with E-state index < -0.39 is 5.91 Å². The van der Waals surface area contributed by atoms with Crippen molar-refractivity contribution in [2.24, 2.45) is 0 Å². The van der Waals surface area contributed by atoms with E-state index in [-0.39, 0.29) is 5.56 Å². The van der Waals surface area contributed by atoms with Crippen molar-refractivity contribution in [3.63, 3.8) is 0 Å². The van der Waals surface area contributed by atoms with E-state index in [0.29, 0.717) is 12.0 Å². The fourth-order valence-electron chi connectivity index (χ4n) is 1.37. The summed E-state index contributed by atoms with van der Waals surface area (Å²) in [6.07, 6.45) is 2.77. The molecule has 0 bridgehead atoms. The highest BCUT2D eigenvalue weighted by Crippen LogP contribution is 2.05. The number of anilines is 1. The van der Waals surface area contributed by atoms with Gasteiger partial charge in [-0.2, -0.15) is 0 Å². The Balaban J connectivity index is 2.58. The van der Waals surface area contributed by atoms with Crippen LogP contribution >= 0.6 is 0 Å². The summed E-state index contributed by atoms with van der Waals surface area (Å²) < 4.78 is 0. The van der Waals surface area contributed by atoms with Crippen molar-refractivity contribution in [1.82, 2.24) is 20.3 Å². The Morgan fingerprint density at radius 1 is 1.32 bits per heavy atom. The number of likely N-dealkylation sites (N-methyl/N-ethyl adjacent to an activating group) is 2. The molecule has 0 radical (unpaired) electrons. The molecule has 7 heteroatoms. The van der Waals surface area contributed by atoms with E-state index in [1.54, 1.807) is 5.48 Å². The summed E-state index contributed by atoms with van der Waals surface area (Å²) in [6.45, 7) is 5.97. The molecule has 106 valence electrons. The van der Waals surface area contributed by atoms with Crippen LogP contribution in [0.2, 0.25) is 0 Å². The standard InChI is InChI=1S/C12H21N5O2/c1-9(2)16(3)5-6-17(4)12-13-7-10(8-14-12)11(18)15-19/h7-9,19H,5-6H2,1-4H3,(H,15,18). The molecule has 1 aromatic rings. The minimum atomic E-state index is -0.617. The van der Waals surface area contributed by atoms with Gasteiger partial charge < -0.3 is 9.80 Å². The number of nitrogens with zero attached hydrogens (tertiary/aromatic N) is 4. The Labute approximate surface area is 113 Å². The summed E-state index contributed by atoms with van der Waals surface area (Å²) in [5.41, 5.74) is 1.76. The quantitative estimate of drug-likeness (QED) is 0.572. The lowest BCUT2D eigenvalue weighted by Gasteiger charge is -2.24. The lowest BCUT2D eigenvalue weighted by molar-refractivity contribution is 0.0705. The number of aromatic nitrogens is 2. The lowest BCUT2D eigenvalue weighted by Crippen LogP contribution is -2.35. The van der Waals surface area contributed by atoms with Crippen LogP contribution < -0.4 is 10.4 Å². The maximum atomic E-state index is 11.1. The summed E-state index contributed by atoms with van der Waals surface area (Å²) >= 11 is 0. The number of amides is 1. The second kappa shape index (κ2) is 7.01. The van der Waals surface area contributed by atoms with E-state index in [1.807, 2.05) is 11.9 Å². The van der Waals surface area contributed by atoms with Gasteiger partial charge in [0.05, 0.1) is 5.56 Å². The molecule has 1 rings (SSSR count). The number of hydroxylamine groups is 1. The monoisotopic (exact) mass is 267 g/mol. The molecule has 1 heterocycles. The predicted octanol–water partition coefficient (Wildman–Crippen LogP) is 0.372. The van der Waals surface area contributed by atoms with Crippen LogP contribution in [0, 0.1) is 0 Å². The van der Waals surface area contributed by atoms with Gasteiger partial charge in [-0.15, -0.1) is 0 Å². The number of rotatable bonds is 6. The number of carbonyl (C=O) groups is 1. The van der Waals surface area contributed by atoms with Crippen LogP contribution in [0.1, 0.15) is 24.2 Å². The van der Waals surface area contributed by atoms with E-state index in [2.05, 4.69) is 35.8 Å². The Kier molecular flexibility index (Phi) is 5.65. The molecule has 0 aliphatic heterocycles. The van der Waals surface area contributed by atoms with Gasteiger partial charge in [0, 0.05) is 38.6 Å². The number of nitrogens with one attached hydrogen (secondary N) is 1. The van der Waals surface area contributed by atoms with Crippen molar-refractivity contribution in [3.05, 3.63) is 18.0 Å². The molecular weight excluding hydrogens is 246 g/mol. The number of carbonyl (C=O) groups excluding carboxylic acids is 1. The average molecular weight is 267 g/mol. The Hall–Kier alpha value is -1.73. The molecule has 7 nitrogen and oxygen atoms in total. The fraction of sp³-hybridized carbons (Fsp3) is 0.583. The van der Waals surface area contributed by atoms with Crippen molar-refractivity contribution in [3.8, 4) is 0 Å². The maximum Gasteiger partial charge on any atom is 0.277 e. The molecule has 1 amide bonds. The molecule has 2 N–H and O–H groups in total. The van der Waals surface area contributed by atoms with Crippen molar-refractivity contribution in [1.29, 1.82) is 0 Å². The van der Waals surface area contributed by atoms with Gasteiger partial charge in [-0.05, 0) is 20.9 Å². The van der Waals surface area contributed by atoms with Crippen molar-refractivity contribution < 1.29 is 10.0 Å². The van der Waals surface area contributed by atoms with Crippen molar-refractivity contribution in [2.75, 3.05) is 32.1 Å². The highest BCUT2D eigenvalue weighted by Gasteiger charge is 2.10. The number of hydrogen-bond acceptors (Lipinski definition) is 6. The molecular formula is C12H21N5O2. The summed E-state index contributed by atoms with van der Waals surface area (Å²) in [5.74, 6) is -0.0691. The van der Waals surface area contributed by atoms with Gasteiger partial charge in [0.1, 0.15) is 0 Å². The van der Waals surface area contributed by atoms with Gasteiger partial charge in [-0.1, -0.05) is 0 Å². The van der Waals surface area contributed by atoms with E-state index in [4.69, 9.17) is 5.21 Å². The third-order valence-corrected chi connectivity index (χ3v) is 3.01. The Bertz CT molecular complexity index is 407. The lowest BCUT2D eigenvalue weighted by atomic mass is 10.3. The molecule has 0 saturated heterocycles. The van der Waals surface area contributed by atoms with Gasteiger partial charge >= 0.3 is 0 Å². The molecule has 0 fully saturated rings. The topological polar surface area (TPSA) is 81.6 Å². The Morgan fingerprint density at radius 2 is 1.89 bits per heavy atom. The second-order valence-corrected chi connectivity index (χ2v) is 4.71. The molecule has 0 atom stereocenters. The van der Waals surface area contributed by atoms with E-state index in [1.165, 1.54) is 12.4 Å². The molecule has 0 aliphatic carbocycles. The van der Waals surface area contributed by atoms with Crippen LogP contribution in [0.3, 0.4) is 0 Å².